The summed E-state index contributed by atoms with van der Waals surface area (Å²) in [6.45, 7) is 0. The average Bonchev–Trinajstić information content (AvgIpc) is 3.25. The van der Waals surface area contributed by atoms with E-state index in [9.17, 15) is 0 Å². The van der Waals surface area contributed by atoms with E-state index in [1.807, 2.05) is 91.0 Å². The Morgan fingerprint density at radius 1 is 0.613 bits per heavy atom. The van der Waals surface area contributed by atoms with Gasteiger partial charge in [0.1, 0.15) is 11.5 Å². The maximum absolute atomic E-state index is 5.95. The standard InChI is InChI=1S/C27H20N2OS/c1-4-10-22(11-5-1)28-27-29(23-12-6-2-7-13-23)26(20-31-27)21-16-18-25(19-17-21)30-24-14-8-3-9-15-24/h1-20H. The summed E-state index contributed by atoms with van der Waals surface area (Å²) in [5, 5.41) is 2.15. The second-order valence-corrected chi connectivity index (χ2v) is 7.80. The number of hydrogen-bond donors (Lipinski definition) is 0. The number of hydrogen-bond acceptors (Lipinski definition) is 3. The maximum Gasteiger partial charge on any atom is 0.195 e. The average molecular weight is 421 g/mol. The van der Waals surface area contributed by atoms with Crippen LogP contribution in [0.3, 0.4) is 0 Å². The Hall–Kier alpha value is -3.89. The molecule has 1 heterocycles. The molecular formula is C27H20N2OS. The first-order valence-corrected chi connectivity index (χ1v) is 10.9. The summed E-state index contributed by atoms with van der Waals surface area (Å²) in [5.41, 5.74) is 4.22. The second kappa shape index (κ2) is 8.86. The number of para-hydroxylation sites is 3. The molecule has 5 rings (SSSR count). The Kier molecular flexibility index (Phi) is 5.46. The SMILES string of the molecule is c1ccc(N=c2scc(-c3ccc(Oc4ccccc4)cc3)n2-c2ccccc2)cc1. The van der Waals surface area contributed by atoms with Crippen molar-refractivity contribution in [3.63, 3.8) is 0 Å². The van der Waals surface area contributed by atoms with Gasteiger partial charge in [-0.25, -0.2) is 4.99 Å². The molecule has 0 fully saturated rings. The summed E-state index contributed by atoms with van der Waals surface area (Å²) in [6.07, 6.45) is 0. The monoisotopic (exact) mass is 420 g/mol. The van der Waals surface area contributed by atoms with E-state index in [2.05, 4.69) is 34.2 Å². The van der Waals surface area contributed by atoms with Crippen LogP contribution in [0.4, 0.5) is 5.69 Å². The van der Waals surface area contributed by atoms with Gasteiger partial charge in [0.15, 0.2) is 4.80 Å². The van der Waals surface area contributed by atoms with Gasteiger partial charge in [0.25, 0.3) is 0 Å². The zero-order valence-electron chi connectivity index (χ0n) is 16.8. The third kappa shape index (κ3) is 4.34. The molecule has 0 saturated heterocycles. The molecule has 150 valence electrons. The zero-order chi connectivity index (χ0) is 20.9. The molecule has 0 aliphatic heterocycles. The molecule has 0 saturated carbocycles. The molecule has 0 bridgehead atoms. The Morgan fingerprint density at radius 2 is 1.19 bits per heavy atom. The molecule has 0 aliphatic carbocycles. The lowest BCUT2D eigenvalue weighted by Crippen LogP contribution is -2.13. The third-order valence-corrected chi connectivity index (χ3v) is 5.66. The Balaban J connectivity index is 1.56. The molecule has 31 heavy (non-hydrogen) atoms. The van der Waals surface area contributed by atoms with Gasteiger partial charge in [0.05, 0.1) is 11.4 Å². The number of nitrogens with zero attached hydrogens (tertiary/aromatic N) is 2. The predicted molar refractivity (Wildman–Crippen MR) is 127 cm³/mol. The van der Waals surface area contributed by atoms with Crippen molar-refractivity contribution in [2.75, 3.05) is 0 Å². The van der Waals surface area contributed by atoms with Crippen molar-refractivity contribution < 1.29 is 4.74 Å². The van der Waals surface area contributed by atoms with Crippen molar-refractivity contribution in [1.82, 2.24) is 4.57 Å². The van der Waals surface area contributed by atoms with Crippen molar-refractivity contribution in [2.24, 2.45) is 4.99 Å². The van der Waals surface area contributed by atoms with E-state index < -0.39 is 0 Å². The van der Waals surface area contributed by atoms with E-state index in [-0.39, 0.29) is 0 Å². The van der Waals surface area contributed by atoms with Crippen molar-refractivity contribution >= 4 is 17.0 Å². The molecule has 4 heteroatoms. The van der Waals surface area contributed by atoms with E-state index in [0.717, 1.165) is 38.9 Å². The topological polar surface area (TPSA) is 26.5 Å². The Labute approximate surface area is 185 Å². The van der Waals surface area contributed by atoms with Crippen LogP contribution >= 0.6 is 11.3 Å². The first kappa shape index (κ1) is 19.1. The van der Waals surface area contributed by atoms with Gasteiger partial charge >= 0.3 is 0 Å². The van der Waals surface area contributed by atoms with Gasteiger partial charge in [-0.2, -0.15) is 0 Å². The van der Waals surface area contributed by atoms with Gasteiger partial charge < -0.3 is 4.74 Å². The minimum Gasteiger partial charge on any atom is -0.457 e. The van der Waals surface area contributed by atoms with Crippen molar-refractivity contribution in [2.45, 2.75) is 0 Å². The first-order valence-electron chi connectivity index (χ1n) is 10.1. The van der Waals surface area contributed by atoms with Gasteiger partial charge in [-0.3, -0.25) is 4.57 Å². The fourth-order valence-corrected chi connectivity index (χ4v) is 4.27. The summed E-state index contributed by atoms with van der Waals surface area (Å²) in [4.78, 5) is 5.82. The highest BCUT2D eigenvalue weighted by Crippen LogP contribution is 2.28. The van der Waals surface area contributed by atoms with Crippen LogP contribution in [-0.2, 0) is 0 Å². The third-order valence-electron chi connectivity index (χ3n) is 4.83. The highest BCUT2D eigenvalue weighted by Gasteiger charge is 2.10. The van der Waals surface area contributed by atoms with Crippen molar-refractivity contribution in [1.29, 1.82) is 0 Å². The van der Waals surface area contributed by atoms with E-state index in [4.69, 9.17) is 9.73 Å². The lowest BCUT2D eigenvalue weighted by molar-refractivity contribution is 0.483. The number of rotatable bonds is 5. The summed E-state index contributed by atoms with van der Waals surface area (Å²) in [7, 11) is 0. The largest absolute Gasteiger partial charge is 0.457 e. The van der Waals surface area contributed by atoms with Crippen LogP contribution in [0.25, 0.3) is 16.9 Å². The highest BCUT2D eigenvalue weighted by molar-refractivity contribution is 7.07. The summed E-state index contributed by atoms with van der Waals surface area (Å²) in [6, 6.07) is 38.4. The summed E-state index contributed by atoms with van der Waals surface area (Å²) in [5.74, 6) is 1.64. The minimum atomic E-state index is 0.811. The minimum absolute atomic E-state index is 0.811. The van der Waals surface area contributed by atoms with Crippen LogP contribution in [0.5, 0.6) is 11.5 Å². The maximum atomic E-state index is 5.95. The van der Waals surface area contributed by atoms with Crippen LogP contribution in [0.15, 0.2) is 126 Å². The number of aromatic nitrogens is 1. The molecule has 5 aromatic rings. The lowest BCUT2D eigenvalue weighted by atomic mass is 10.1. The molecule has 1 aromatic heterocycles. The molecule has 0 N–H and O–H groups in total. The normalized spacial score (nSPS) is 11.4. The fraction of sp³-hybridized carbons (Fsp3) is 0. The predicted octanol–water partition coefficient (Wildman–Crippen LogP) is 7.23. The number of thiazole rings is 1. The molecule has 0 amide bonds. The molecule has 4 aromatic carbocycles. The van der Waals surface area contributed by atoms with Gasteiger partial charge in [-0.05, 0) is 66.2 Å². The smallest absolute Gasteiger partial charge is 0.195 e. The van der Waals surface area contributed by atoms with E-state index in [1.54, 1.807) is 11.3 Å². The summed E-state index contributed by atoms with van der Waals surface area (Å²) >= 11 is 1.63. The van der Waals surface area contributed by atoms with Crippen molar-refractivity contribution in [3.8, 4) is 28.4 Å². The molecule has 0 radical (unpaired) electrons. The van der Waals surface area contributed by atoms with Gasteiger partial charge in [0.2, 0.25) is 0 Å². The molecule has 3 nitrogen and oxygen atoms in total. The lowest BCUT2D eigenvalue weighted by Gasteiger charge is -2.10. The molecule has 0 unspecified atom stereocenters. The van der Waals surface area contributed by atoms with Gasteiger partial charge in [0, 0.05) is 11.1 Å². The van der Waals surface area contributed by atoms with E-state index >= 15 is 0 Å². The van der Waals surface area contributed by atoms with Crippen molar-refractivity contribution in [3.05, 3.63) is 125 Å². The van der Waals surface area contributed by atoms with Gasteiger partial charge in [-0.15, -0.1) is 11.3 Å². The first-order chi connectivity index (χ1) is 15.4. The van der Waals surface area contributed by atoms with Crippen LogP contribution in [0.2, 0.25) is 0 Å². The molecule has 0 aliphatic rings. The van der Waals surface area contributed by atoms with E-state index in [0.29, 0.717) is 0 Å². The number of ether oxygens (including phenoxy) is 1. The molecular weight excluding hydrogens is 400 g/mol. The zero-order valence-corrected chi connectivity index (χ0v) is 17.6. The van der Waals surface area contributed by atoms with E-state index in [1.165, 1.54) is 0 Å². The fourth-order valence-electron chi connectivity index (χ4n) is 3.35. The molecule has 0 spiro atoms. The molecule has 0 atom stereocenters. The van der Waals surface area contributed by atoms with Crippen LogP contribution in [0.1, 0.15) is 0 Å². The van der Waals surface area contributed by atoms with Crippen LogP contribution in [0, 0.1) is 0 Å². The van der Waals surface area contributed by atoms with Crippen LogP contribution < -0.4 is 9.54 Å². The summed E-state index contributed by atoms with van der Waals surface area (Å²) < 4.78 is 8.14. The highest BCUT2D eigenvalue weighted by atomic mass is 32.1. The Morgan fingerprint density at radius 3 is 1.87 bits per heavy atom. The quantitative estimate of drug-likeness (QED) is 0.294. The van der Waals surface area contributed by atoms with Crippen LogP contribution in [-0.4, -0.2) is 4.57 Å². The number of benzene rings is 4. The van der Waals surface area contributed by atoms with Gasteiger partial charge in [-0.1, -0.05) is 54.6 Å². The Bertz CT molecular complexity index is 1320. The second-order valence-electron chi connectivity index (χ2n) is 6.96.